The van der Waals surface area contributed by atoms with E-state index in [0.29, 0.717) is 27.5 Å². The van der Waals surface area contributed by atoms with Gasteiger partial charge in [-0.25, -0.2) is 18.0 Å². The highest BCUT2D eigenvalue weighted by atomic mass is 32.2. The molecule has 6 rings (SSSR count). The summed E-state index contributed by atoms with van der Waals surface area (Å²) in [6.07, 6.45) is -3.36. The Morgan fingerprint density at radius 1 is 0.659 bits per heavy atom. The molecule has 0 fully saturated rings. The summed E-state index contributed by atoms with van der Waals surface area (Å²) < 4.78 is 62.1. The molecule has 0 spiro atoms. The first-order chi connectivity index (χ1) is 20.8. The van der Waals surface area contributed by atoms with Gasteiger partial charge < -0.3 is 20.2 Å². The Morgan fingerprint density at radius 2 is 1.09 bits per heavy atom. The smallest absolute Gasteiger partial charge is 0.416 e. The predicted octanol–water partition coefficient (Wildman–Crippen LogP) is 7.49. The Kier molecular flexibility index (Phi) is 7.79. The third kappa shape index (κ3) is 5.92. The molecule has 6 aromatic rings. The monoisotopic (exact) mass is 620 g/mol. The maximum absolute atomic E-state index is 12.9. The number of carboxylic acid groups (broad SMARTS) is 2. The van der Waals surface area contributed by atoms with Gasteiger partial charge in [0.05, 0.1) is 10.5 Å². The first-order valence-electron chi connectivity index (χ1n) is 12.9. The number of nitrogens with one attached hydrogen (secondary N) is 2. The minimum Gasteiger partial charge on any atom is -0.477 e. The number of fused-ring (bicyclic) bond motifs is 2. The van der Waals surface area contributed by atoms with E-state index < -0.39 is 33.5 Å². The molecule has 224 valence electrons. The maximum Gasteiger partial charge on any atom is 0.416 e. The summed E-state index contributed by atoms with van der Waals surface area (Å²) in [5.74, 6) is -2.31. The zero-order chi connectivity index (χ0) is 31.8. The molecule has 2 aromatic heterocycles. The molecule has 8 nitrogen and oxygen atoms in total. The first kappa shape index (κ1) is 30.1. The SMILES string of the molecule is CS(=O)(=O)c1ccc2[nH]c(C(=O)O)c(-c3ccccc3)c2c1.O=C(O)c1[nH]c2ccc(C(F)(F)F)cc2c1-c1ccccc1. The molecular weight excluding hydrogens is 597 g/mol. The molecule has 0 aliphatic rings. The number of sulfone groups is 1. The molecule has 44 heavy (non-hydrogen) atoms. The van der Waals surface area contributed by atoms with E-state index in [0.717, 1.165) is 24.0 Å². The quantitative estimate of drug-likeness (QED) is 0.157. The summed E-state index contributed by atoms with van der Waals surface area (Å²) in [4.78, 5) is 28.6. The van der Waals surface area contributed by atoms with Crippen LogP contribution in [0.25, 0.3) is 44.1 Å². The van der Waals surface area contributed by atoms with Crippen molar-refractivity contribution in [2.75, 3.05) is 6.26 Å². The van der Waals surface area contributed by atoms with Crippen LogP contribution in [0.5, 0.6) is 0 Å². The molecule has 0 aliphatic carbocycles. The normalized spacial score (nSPS) is 11.7. The van der Waals surface area contributed by atoms with Crippen LogP contribution in [-0.4, -0.2) is 46.8 Å². The van der Waals surface area contributed by atoms with Gasteiger partial charge in [-0.05, 0) is 47.5 Å². The molecule has 0 unspecified atom stereocenters. The summed E-state index contributed by atoms with van der Waals surface area (Å²) in [5, 5.41) is 19.5. The molecule has 0 saturated carbocycles. The number of hydrogen-bond donors (Lipinski definition) is 4. The van der Waals surface area contributed by atoms with Crippen LogP contribution in [0.15, 0.2) is 102 Å². The van der Waals surface area contributed by atoms with Gasteiger partial charge in [0.2, 0.25) is 0 Å². The number of H-pyrrole nitrogens is 2. The molecule has 0 atom stereocenters. The number of carbonyl (C=O) groups is 2. The van der Waals surface area contributed by atoms with Crippen LogP contribution >= 0.6 is 0 Å². The molecule has 4 aromatic carbocycles. The lowest BCUT2D eigenvalue weighted by Gasteiger charge is -2.07. The first-order valence-corrected chi connectivity index (χ1v) is 14.8. The lowest BCUT2D eigenvalue weighted by atomic mass is 10.0. The summed E-state index contributed by atoms with van der Waals surface area (Å²) >= 11 is 0. The lowest BCUT2D eigenvalue weighted by molar-refractivity contribution is -0.137. The Hall–Kier alpha value is -5.36. The highest BCUT2D eigenvalue weighted by molar-refractivity contribution is 7.90. The Balaban J connectivity index is 0.000000175. The van der Waals surface area contributed by atoms with Crippen molar-refractivity contribution in [3.05, 3.63) is 114 Å². The highest BCUT2D eigenvalue weighted by Gasteiger charge is 2.31. The van der Waals surface area contributed by atoms with Gasteiger partial charge in [0.1, 0.15) is 11.4 Å². The van der Waals surface area contributed by atoms with E-state index in [1.165, 1.54) is 18.2 Å². The van der Waals surface area contributed by atoms with Crippen LogP contribution in [0.2, 0.25) is 0 Å². The van der Waals surface area contributed by atoms with Gasteiger partial charge >= 0.3 is 18.1 Å². The zero-order valence-corrected chi connectivity index (χ0v) is 23.6. The number of alkyl halides is 3. The average Bonchev–Trinajstić information content (AvgIpc) is 3.56. The van der Waals surface area contributed by atoms with Crippen molar-refractivity contribution in [1.29, 1.82) is 0 Å². The predicted molar refractivity (Wildman–Crippen MR) is 159 cm³/mol. The van der Waals surface area contributed by atoms with E-state index >= 15 is 0 Å². The van der Waals surface area contributed by atoms with Gasteiger partial charge in [-0.3, -0.25) is 0 Å². The third-order valence-electron chi connectivity index (χ3n) is 6.88. The van der Waals surface area contributed by atoms with Crippen molar-refractivity contribution < 1.29 is 41.4 Å². The van der Waals surface area contributed by atoms with Crippen LogP contribution in [0.3, 0.4) is 0 Å². The second-order valence-corrected chi connectivity index (χ2v) is 11.8. The molecule has 0 saturated heterocycles. The summed E-state index contributed by atoms with van der Waals surface area (Å²) in [7, 11) is -3.37. The zero-order valence-electron chi connectivity index (χ0n) is 22.8. The minimum absolute atomic E-state index is 0.0480. The number of carboxylic acids is 2. The Bertz CT molecular complexity index is 2140. The lowest BCUT2D eigenvalue weighted by Crippen LogP contribution is -2.04. The highest BCUT2D eigenvalue weighted by Crippen LogP contribution is 2.37. The second kappa shape index (κ2) is 11.4. The number of rotatable bonds is 5. The van der Waals surface area contributed by atoms with Crippen LogP contribution in [0, 0.1) is 0 Å². The van der Waals surface area contributed by atoms with Crippen LogP contribution in [0.1, 0.15) is 26.5 Å². The largest absolute Gasteiger partial charge is 0.477 e. The van der Waals surface area contributed by atoms with E-state index in [1.54, 1.807) is 60.7 Å². The van der Waals surface area contributed by atoms with Gasteiger partial charge in [0.25, 0.3) is 0 Å². The summed E-state index contributed by atoms with van der Waals surface area (Å²) in [5.41, 5.74) is 2.07. The van der Waals surface area contributed by atoms with Crippen LogP contribution in [-0.2, 0) is 16.0 Å². The van der Waals surface area contributed by atoms with E-state index in [-0.39, 0.29) is 27.2 Å². The number of hydrogen-bond acceptors (Lipinski definition) is 4. The maximum atomic E-state index is 12.9. The third-order valence-corrected chi connectivity index (χ3v) is 7.99. The fraction of sp³-hybridized carbons (Fsp3) is 0.0625. The van der Waals surface area contributed by atoms with Crippen LogP contribution in [0.4, 0.5) is 13.2 Å². The fourth-order valence-electron chi connectivity index (χ4n) is 4.90. The molecular formula is C32H23F3N2O6S. The number of halogens is 3. The van der Waals surface area contributed by atoms with Crippen molar-refractivity contribution in [2.45, 2.75) is 11.1 Å². The Labute approximate surface area is 248 Å². The van der Waals surface area contributed by atoms with E-state index in [4.69, 9.17) is 0 Å². The Morgan fingerprint density at radius 3 is 1.50 bits per heavy atom. The van der Waals surface area contributed by atoms with Gasteiger partial charge in [0.15, 0.2) is 9.84 Å². The van der Waals surface area contributed by atoms with Crippen molar-refractivity contribution >= 4 is 43.6 Å². The minimum atomic E-state index is -4.48. The molecule has 0 aliphatic heterocycles. The van der Waals surface area contributed by atoms with E-state index in [9.17, 15) is 41.4 Å². The molecule has 0 bridgehead atoms. The molecule has 0 radical (unpaired) electrons. The van der Waals surface area contributed by atoms with Crippen molar-refractivity contribution in [3.8, 4) is 22.3 Å². The molecule has 4 N–H and O–H groups in total. The van der Waals surface area contributed by atoms with Gasteiger partial charge in [-0.2, -0.15) is 13.2 Å². The van der Waals surface area contributed by atoms with Crippen molar-refractivity contribution in [1.82, 2.24) is 9.97 Å². The molecule has 12 heteroatoms. The number of aromatic carboxylic acids is 2. The van der Waals surface area contributed by atoms with Crippen molar-refractivity contribution in [2.24, 2.45) is 0 Å². The summed E-state index contributed by atoms with van der Waals surface area (Å²) in [6.45, 7) is 0. The fourth-order valence-corrected chi connectivity index (χ4v) is 5.55. The summed E-state index contributed by atoms with van der Waals surface area (Å²) in [6, 6.07) is 25.2. The average molecular weight is 621 g/mol. The van der Waals surface area contributed by atoms with Gasteiger partial charge in [-0.15, -0.1) is 0 Å². The van der Waals surface area contributed by atoms with Gasteiger partial charge in [-0.1, -0.05) is 60.7 Å². The van der Waals surface area contributed by atoms with Crippen molar-refractivity contribution in [3.63, 3.8) is 0 Å². The number of aromatic nitrogens is 2. The van der Waals surface area contributed by atoms with E-state index in [1.807, 2.05) is 6.07 Å². The number of aromatic amines is 2. The molecule has 0 amide bonds. The second-order valence-electron chi connectivity index (χ2n) is 9.83. The topological polar surface area (TPSA) is 140 Å². The van der Waals surface area contributed by atoms with E-state index in [2.05, 4.69) is 9.97 Å². The standard InChI is InChI=1S/C16H10F3NO2.C16H13NO4S/c17-16(18,19)10-6-7-12-11(8-10)13(14(20-12)15(21)22)9-4-2-1-3-5-9;1-22(20,21)11-7-8-13-12(9-11)14(15(17-13)16(18)19)10-5-3-2-4-6-10/h1-8,20H,(H,21,22);2-9,17H,1H3,(H,18,19). The number of benzene rings is 4. The van der Waals surface area contributed by atoms with Gasteiger partial charge in [0, 0.05) is 39.2 Å². The molecule has 2 heterocycles. The van der Waals surface area contributed by atoms with Crippen LogP contribution < -0.4 is 0 Å².